The molecule has 0 amide bonds. The predicted molar refractivity (Wildman–Crippen MR) is 104 cm³/mol. The maximum atomic E-state index is 5.98. The van der Waals surface area contributed by atoms with Crippen molar-refractivity contribution in [2.24, 2.45) is 0 Å². The smallest absolute Gasteiger partial charge is 0.120 e. The van der Waals surface area contributed by atoms with Gasteiger partial charge in [-0.05, 0) is 48.2 Å². The van der Waals surface area contributed by atoms with E-state index in [1.165, 1.54) is 22.3 Å². The molecule has 3 aromatic carbocycles. The monoisotopic (exact) mass is 331 g/mol. The van der Waals surface area contributed by atoms with Gasteiger partial charge in [0.05, 0.1) is 0 Å². The van der Waals surface area contributed by atoms with Crippen LogP contribution in [0.4, 0.5) is 0 Å². The van der Waals surface area contributed by atoms with E-state index in [2.05, 4.69) is 85.9 Å². The number of nitrogens with one attached hydrogen (secondary N) is 1. The predicted octanol–water partition coefficient (Wildman–Crippen LogP) is 5.42. The van der Waals surface area contributed by atoms with Gasteiger partial charge in [0.15, 0.2) is 0 Å². The highest BCUT2D eigenvalue weighted by Gasteiger charge is 2.05. The van der Waals surface area contributed by atoms with Gasteiger partial charge < -0.3 is 10.1 Å². The Morgan fingerprint density at radius 2 is 1.64 bits per heavy atom. The Morgan fingerprint density at radius 3 is 2.44 bits per heavy atom. The van der Waals surface area contributed by atoms with Crippen molar-refractivity contribution in [2.75, 3.05) is 0 Å². The molecule has 25 heavy (non-hydrogen) atoms. The first-order valence-electron chi connectivity index (χ1n) is 8.77. The Labute approximate surface area is 150 Å². The second-order valence-electron chi connectivity index (χ2n) is 6.38. The van der Waals surface area contributed by atoms with Crippen molar-refractivity contribution in [1.29, 1.82) is 0 Å². The standard InChI is InChI=1S/C23H25NO/c1-18-9-6-7-13-22(18)17-25-23-14-8-10-20(15-23)16-24-19(2)21-11-4-3-5-12-21/h3-15,19,24H,16-17H2,1-2H3/t19-/m1/s1. The minimum absolute atomic E-state index is 0.317. The highest BCUT2D eigenvalue weighted by atomic mass is 16.5. The fraction of sp³-hybridized carbons (Fsp3) is 0.217. The second kappa shape index (κ2) is 8.50. The molecule has 0 heterocycles. The van der Waals surface area contributed by atoms with Crippen molar-refractivity contribution in [3.8, 4) is 5.75 Å². The molecule has 0 fully saturated rings. The van der Waals surface area contributed by atoms with Crippen LogP contribution in [-0.4, -0.2) is 0 Å². The Morgan fingerprint density at radius 1 is 0.880 bits per heavy atom. The number of benzene rings is 3. The quantitative estimate of drug-likeness (QED) is 0.624. The minimum Gasteiger partial charge on any atom is -0.489 e. The van der Waals surface area contributed by atoms with Crippen LogP contribution in [0.1, 0.15) is 35.2 Å². The normalized spacial score (nSPS) is 11.9. The molecule has 128 valence electrons. The minimum atomic E-state index is 0.317. The SMILES string of the molecule is Cc1ccccc1COc1cccc(CN[C@H](C)c2ccccc2)c1. The van der Waals surface area contributed by atoms with E-state index in [1.54, 1.807) is 0 Å². The molecule has 0 spiro atoms. The Hall–Kier alpha value is -2.58. The molecule has 3 aromatic rings. The number of rotatable bonds is 7. The first-order valence-corrected chi connectivity index (χ1v) is 8.77. The Bertz CT molecular complexity index is 798. The third-order valence-corrected chi connectivity index (χ3v) is 4.47. The highest BCUT2D eigenvalue weighted by molar-refractivity contribution is 5.30. The maximum Gasteiger partial charge on any atom is 0.120 e. The van der Waals surface area contributed by atoms with Gasteiger partial charge in [0.1, 0.15) is 12.4 Å². The fourth-order valence-corrected chi connectivity index (χ4v) is 2.81. The lowest BCUT2D eigenvalue weighted by atomic mass is 10.1. The maximum absolute atomic E-state index is 5.98. The Balaban J connectivity index is 1.57. The molecule has 1 atom stereocenters. The topological polar surface area (TPSA) is 21.3 Å². The van der Waals surface area contributed by atoms with Crippen LogP contribution in [0.25, 0.3) is 0 Å². The summed E-state index contributed by atoms with van der Waals surface area (Å²) in [4.78, 5) is 0. The third kappa shape index (κ3) is 4.94. The van der Waals surface area contributed by atoms with Crippen LogP contribution in [0.2, 0.25) is 0 Å². The third-order valence-electron chi connectivity index (χ3n) is 4.47. The molecule has 0 aliphatic heterocycles. The first kappa shape index (κ1) is 17.2. The first-order chi connectivity index (χ1) is 12.2. The van der Waals surface area contributed by atoms with Crippen molar-refractivity contribution < 1.29 is 4.74 Å². The number of ether oxygens (including phenoxy) is 1. The molecule has 0 unspecified atom stereocenters. The average molecular weight is 331 g/mol. The molecule has 3 rings (SSSR count). The van der Waals surface area contributed by atoms with Crippen LogP contribution < -0.4 is 10.1 Å². The molecule has 0 aromatic heterocycles. The van der Waals surface area contributed by atoms with Gasteiger partial charge in [0.25, 0.3) is 0 Å². The van der Waals surface area contributed by atoms with E-state index in [4.69, 9.17) is 4.74 Å². The van der Waals surface area contributed by atoms with Crippen molar-refractivity contribution >= 4 is 0 Å². The number of hydrogen-bond donors (Lipinski definition) is 1. The van der Waals surface area contributed by atoms with Gasteiger partial charge in [-0.1, -0.05) is 66.7 Å². The van der Waals surface area contributed by atoms with E-state index in [0.717, 1.165) is 12.3 Å². The van der Waals surface area contributed by atoms with E-state index < -0.39 is 0 Å². The molecule has 0 aliphatic carbocycles. The lowest BCUT2D eigenvalue weighted by molar-refractivity contribution is 0.305. The molecule has 2 nitrogen and oxygen atoms in total. The molecule has 0 saturated carbocycles. The van der Waals surface area contributed by atoms with Crippen LogP contribution in [0.15, 0.2) is 78.9 Å². The summed E-state index contributed by atoms with van der Waals surface area (Å²) in [5, 5.41) is 3.57. The largest absolute Gasteiger partial charge is 0.489 e. The summed E-state index contributed by atoms with van der Waals surface area (Å²) in [5.74, 6) is 0.912. The zero-order valence-electron chi connectivity index (χ0n) is 14.9. The zero-order chi connectivity index (χ0) is 17.5. The van der Waals surface area contributed by atoms with E-state index in [9.17, 15) is 0 Å². The molecular formula is C23H25NO. The van der Waals surface area contributed by atoms with E-state index in [1.807, 2.05) is 12.1 Å². The average Bonchev–Trinajstić information content (AvgIpc) is 2.66. The molecule has 0 aliphatic rings. The summed E-state index contributed by atoms with van der Waals surface area (Å²) in [6, 6.07) is 27.5. The summed E-state index contributed by atoms with van der Waals surface area (Å²) < 4.78 is 5.98. The Kier molecular flexibility index (Phi) is 5.86. The zero-order valence-corrected chi connectivity index (χ0v) is 14.9. The molecule has 0 saturated heterocycles. The van der Waals surface area contributed by atoms with Crippen molar-refractivity contribution in [3.63, 3.8) is 0 Å². The summed E-state index contributed by atoms with van der Waals surface area (Å²) in [5.41, 5.74) is 5.01. The van der Waals surface area contributed by atoms with E-state index in [-0.39, 0.29) is 0 Å². The van der Waals surface area contributed by atoms with Gasteiger partial charge >= 0.3 is 0 Å². The van der Waals surface area contributed by atoms with Gasteiger partial charge in [0, 0.05) is 12.6 Å². The van der Waals surface area contributed by atoms with Gasteiger partial charge in [-0.15, -0.1) is 0 Å². The van der Waals surface area contributed by atoms with Gasteiger partial charge in [0.2, 0.25) is 0 Å². The van der Waals surface area contributed by atoms with E-state index >= 15 is 0 Å². The van der Waals surface area contributed by atoms with Crippen LogP contribution >= 0.6 is 0 Å². The van der Waals surface area contributed by atoms with Gasteiger partial charge in [-0.2, -0.15) is 0 Å². The number of hydrogen-bond acceptors (Lipinski definition) is 2. The molecule has 1 N–H and O–H groups in total. The van der Waals surface area contributed by atoms with Crippen molar-refractivity contribution in [3.05, 3.63) is 101 Å². The van der Waals surface area contributed by atoms with Crippen molar-refractivity contribution in [1.82, 2.24) is 5.32 Å². The summed E-state index contributed by atoms with van der Waals surface area (Å²) >= 11 is 0. The lowest BCUT2D eigenvalue weighted by Gasteiger charge is -2.15. The summed E-state index contributed by atoms with van der Waals surface area (Å²) in [6.45, 7) is 5.72. The second-order valence-corrected chi connectivity index (χ2v) is 6.38. The van der Waals surface area contributed by atoms with Crippen LogP contribution in [0, 0.1) is 6.92 Å². The van der Waals surface area contributed by atoms with Crippen LogP contribution in [-0.2, 0) is 13.2 Å². The molecule has 2 heteroatoms. The van der Waals surface area contributed by atoms with Gasteiger partial charge in [-0.25, -0.2) is 0 Å². The van der Waals surface area contributed by atoms with Crippen LogP contribution in [0.3, 0.4) is 0 Å². The highest BCUT2D eigenvalue weighted by Crippen LogP contribution is 2.18. The summed E-state index contributed by atoms with van der Waals surface area (Å²) in [7, 11) is 0. The number of aryl methyl sites for hydroxylation is 1. The molecule has 0 bridgehead atoms. The lowest BCUT2D eigenvalue weighted by Crippen LogP contribution is -2.17. The van der Waals surface area contributed by atoms with E-state index in [0.29, 0.717) is 12.6 Å². The summed E-state index contributed by atoms with van der Waals surface area (Å²) in [6.07, 6.45) is 0. The molecular weight excluding hydrogens is 306 g/mol. The molecule has 0 radical (unpaired) electrons. The fourth-order valence-electron chi connectivity index (χ4n) is 2.81. The van der Waals surface area contributed by atoms with Gasteiger partial charge in [-0.3, -0.25) is 0 Å². The van der Waals surface area contributed by atoms with Crippen LogP contribution in [0.5, 0.6) is 5.75 Å². The van der Waals surface area contributed by atoms with Crippen molar-refractivity contribution in [2.45, 2.75) is 33.0 Å².